The van der Waals surface area contributed by atoms with Crippen molar-refractivity contribution >= 4 is 23.7 Å². The van der Waals surface area contributed by atoms with Gasteiger partial charge < -0.3 is 9.84 Å². The number of fused-ring (bicyclic) bond motifs is 1. The number of anilines is 1. The number of nitrogens with zero attached hydrogens (tertiary/aromatic N) is 1. The average Bonchev–Trinajstić information content (AvgIpc) is 2.71. The number of carboxylic acid groups (broad SMARTS) is 1. The molecule has 2 aromatic carbocycles. The van der Waals surface area contributed by atoms with E-state index in [0.29, 0.717) is 5.69 Å². The summed E-state index contributed by atoms with van der Waals surface area (Å²) in [7, 11) is 0. The fourth-order valence-corrected chi connectivity index (χ4v) is 4.43. The monoisotopic (exact) mass is 465 g/mol. The second kappa shape index (κ2) is 8.57. The van der Waals surface area contributed by atoms with Gasteiger partial charge in [0.2, 0.25) is 0 Å². The molecule has 0 saturated heterocycles. The minimum absolute atomic E-state index is 0.0123. The van der Waals surface area contributed by atoms with Crippen molar-refractivity contribution in [1.82, 2.24) is 0 Å². The van der Waals surface area contributed by atoms with Crippen molar-refractivity contribution in [3.8, 4) is 0 Å². The number of aryl methyl sites for hydroxylation is 1. The molecule has 3 rings (SSSR count). The SMILES string of the molecule is Cc1cc2c(cc1N(C(=O)OC(C)(C)C)C(=O)c1ccc(C(=O)O)cc1)C(C)(C)CCC2(C)C. The van der Waals surface area contributed by atoms with Crippen LogP contribution >= 0.6 is 0 Å². The zero-order chi connectivity index (χ0) is 25.6. The van der Waals surface area contributed by atoms with Gasteiger partial charge in [-0.05, 0) is 98.4 Å². The maximum atomic E-state index is 13.6. The summed E-state index contributed by atoms with van der Waals surface area (Å²) in [4.78, 5) is 39.3. The molecule has 0 fully saturated rings. The first-order valence-corrected chi connectivity index (χ1v) is 11.6. The van der Waals surface area contributed by atoms with Crippen molar-refractivity contribution in [3.05, 3.63) is 64.2 Å². The number of benzene rings is 2. The maximum Gasteiger partial charge on any atom is 0.422 e. The molecule has 0 bridgehead atoms. The Morgan fingerprint density at radius 1 is 0.882 bits per heavy atom. The number of ether oxygens (including phenoxy) is 1. The third-order valence-electron chi connectivity index (χ3n) is 6.57. The van der Waals surface area contributed by atoms with E-state index in [9.17, 15) is 19.5 Å². The van der Waals surface area contributed by atoms with Gasteiger partial charge in [-0.15, -0.1) is 0 Å². The Morgan fingerprint density at radius 3 is 1.82 bits per heavy atom. The highest BCUT2D eigenvalue weighted by atomic mass is 16.6. The van der Waals surface area contributed by atoms with Crippen LogP contribution in [0, 0.1) is 6.92 Å². The molecule has 0 aliphatic heterocycles. The highest BCUT2D eigenvalue weighted by Crippen LogP contribution is 2.47. The highest BCUT2D eigenvalue weighted by Gasteiger charge is 2.39. The van der Waals surface area contributed by atoms with Crippen LogP contribution < -0.4 is 4.90 Å². The maximum absolute atomic E-state index is 13.6. The van der Waals surface area contributed by atoms with E-state index in [-0.39, 0.29) is 22.0 Å². The van der Waals surface area contributed by atoms with Crippen molar-refractivity contribution in [3.63, 3.8) is 0 Å². The number of carbonyl (C=O) groups excluding carboxylic acids is 2. The summed E-state index contributed by atoms with van der Waals surface area (Å²) in [6, 6.07) is 9.60. The molecule has 6 heteroatoms. The first-order chi connectivity index (χ1) is 15.5. The summed E-state index contributed by atoms with van der Waals surface area (Å²) >= 11 is 0. The average molecular weight is 466 g/mol. The van der Waals surface area contributed by atoms with Crippen molar-refractivity contribution in [2.24, 2.45) is 0 Å². The van der Waals surface area contributed by atoms with Crippen molar-refractivity contribution in [2.75, 3.05) is 4.90 Å². The molecule has 0 atom stereocenters. The predicted molar refractivity (Wildman–Crippen MR) is 133 cm³/mol. The summed E-state index contributed by atoms with van der Waals surface area (Å²) in [6.45, 7) is 16.0. The molecule has 2 aromatic rings. The van der Waals surface area contributed by atoms with Gasteiger partial charge in [0.15, 0.2) is 0 Å². The van der Waals surface area contributed by atoms with E-state index >= 15 is 0 Å². The molecule has 0 unspecified atom stereocenters. The fourth-order valence-electron chi connectivity index (χ4n) is 4.43. The molecule has 1 aliphatic carbocycles. The van der Waals surface area contributed by atoms with E-state index in [1.165, 1.54) is 29.8 Å². The zero-order valence-corrected chi connectivity index (χ0v) is 21.4. The second-order valence-electron chi connectivity index (χ2n) is 11.5. The van der Waals surface area contributed by atoms with E-state index < -0.39 is 23.6 Å². The molecule has 0 heterocycles. The zero-order valence-electron chi connectivity index (χ0n) is 21.4. The fraction of sp³-hybridized carbons (Fsp3) is 0.464. The molecule has 1 N–H and O–H groups in total. The van der Waals surface area contributed by atoms with Gasteiger partial charge in [-0.3, -0.25) is 4.79 Å². The number of amides is 2. The quantitative estimate of drug-likeness (QED) is 0.550. The number of rotatable bonds is 3. The minimum Gasteiger partial charge on any atom is -0.478 e. The van der Waals surface area contributed by atoms with Gasteiger partial charge in [-0.1, -0.05) is 33.8 Å². The van der Waals surface area contributed by atoms with E-state index in [0.717, 1.165) is 28.9 Å². The summed E-state index contributed by atoms with van der Waals surface area (Å²) < 4.78 is 5.62. The molecule has 6 nitrogen and oxygen atoms in total. The van der Waals surface area contributed by atoms with E-state index in [2.05, 4.69) is 33.8 Å². The van der Waals surface area contributed by atoms with Gasteiger partial charge in [-0.2, -0.15) is 0 Å². The molecule has 0 spiro atoms. The number of carbonyl (C=O) groups is 3. The van der Waals surface area contributed by atoms with Crippen LogP contribution in [0.1, 0.15) is 98.7 Å². The summed E-state index contributed by atoms with van der Waals surface area (Å²) in [5, 5.41) is 9.19. The van der Waals surface area contributed by atoms with Crippen LogP contribution in [0.15, 0.2) is 36.4 Å². The molecular formula is C28H35NO5. The van der Waals surface area contributed by atoms with Crippen molar-refractivity contribution in [1.29, 1.82) is 0 Å². The number of hydrogen-bond donors (Lipinski definition) is 1. The van der Waals surface area contributed by atoms with Gasteiger partial charge in [-0.25, -0.2) is 14.5 Å². The third-order valence-corrected chi connectivity index (χ3v) is 6.57. The van der Waals surface area contributed by atoms with Crippen LogP contribution in [0.25, 0.3) is 0 Å². The molecule has 0 radical (unpaired) electrons. The number of carboxylic acids is 1. The van der Waals surface area contributed by atoms with Gasteiger partial charge in [0.1, 0.15) is 5.60 Å². The number of imide groups is 1. The number of hydrogen-bond acceptors (Lipinski definition) is 4. The molecular weight excluding hydrogens is 430 g/mol. The first kappa shape index (κ1) is 25.5. The lowest BCUT2D eigenvalue weighted by molar-refractivity contribution is 0.0562. The molecule has 182 valence electrons. The van der Waals surface area contributed by atoms with Gasteiger partial charge in [0.25, 0.3) is 5.91 Å². The van der Waals surface area contributed by atoms with Crippen LogP contribution in [0.5, 0.6) is 0 Å². The van der Waals surface area contributed by atoms with Crippen molar-refractivity contribution < 1.29 is 24.2 Å². The van der Waals surface area contributed by atoms with E-state index in [1.807, 2.05) is 13.0 Å². The van der Waals surface area contributed by atoms with Gasteiger partial charge >= 0.3 is 12.1 Å². The predicted octanol–water partition coefficient (Wildman–Crippen LogP) is 6.62. The standard InChI is InChI=1S/C28H35NO5/c1-17-15-20-21(28(7,8)14-13-27(20,5)6)16-22(17)29(25(33)34-26(2,3)4)23(30)18-9-11-19(12-10-18)24(31)32/h9-12,15-16H,13-14H2,1-8H3,(H,31,32). The smallest absolute Gasteiger partial charge is 0.422 e. The lowest BCUT2D eigenvalue weighted by Gasteiger charge is -2.42. The first-order valence-electron chi connectivity index (χ1n) is 11.6. The number of aromatic carboxylic acids is 1. The Balaban J connectivity index is 2.18. The summed E-state index contributed by atoms with van der Waals surface area (Å²) in [5.74, 6) is -1.65. The Hall–Kier alpha value is -3.15. The molecule has 2 amide bonds. The topological polar surface area (TPSA) is 83.9 Å². The van der Waals surface area contributed by atoms with E-state index in [4.69, 9.17) is 4.74 Å². The second-order valence-corrected chi connectivity index (χ2v) is 11.5. The van der Waals surface area contributed by atoms with Crippen molar-refractivity contribution in [2.45, 2.75) is 84.7 Å². The summed E-state index contributed by atoms with van der Waals surface area (Å²) in [6.07, 6.45) is 1.28. The minimum atomic E-state index is -1.08. The molecule has 0 saturated carbocycles. The third kappa shape index (κ3) is 5.01. The van der Waals surface area contributed by atoms with Gasteiger partial charge in [0, 0.05) is 5.56 Å². The molecule has 34 heavy (non-hydrogen) atoms. The van der Waals surface area contributed by atoms with Crippen LogP contribution in [0.4, 0.5) is 10.5 Å². The van der Waals surface area contributed by atoms with Crippen LogP contribution in [-0.2, 0) is 15.6 Å². The normalized spacial score (nSPS) is 16.4. The Bertz CT molecular complexity index is 1140. The van der Waals surface area contributed by atoms with E-state index in [1.54, 1.807) is 20.8 Å². The lowest BCUT2D eigenvalue weighted by Crippen LogP contribution is -2.42. The van der Waals surface area contributed by atoms with Crippen LogP contribution in [0.2, 0.25) is 0 Å². The van der Waals surface area contributed by atoms with Crippen LogP contribution in [0.3, 0.4) is 0 Å². The summed E-state index contributed by atoms with van der Waals surface area (Å²) in [5.41, 5.74) is 2.96. The largest absolute Gasteiger partial charge is 0.478 e. The Kier molecular flexibility index (Phi) is 6.42. The van der Waals surface area contributed by atoms with Crippen LogP contribution in [-0.4, -0.2) is 28.7 Å². The Labute approximate surface area is 201 Å². The molecule has 0 aromatic heterocycles. The molecule has 1 aliphatic rings. The van der Waals surface area contributed by atoms with Gasteiger partial charge in [0.05, 0.1) is 11.3 Å². The lowest BCUT2D eigenvalue weighted by atomic mass is 9.63. The highest BCUT2D eigenvalue weighted by molar-refractivity contribution is 6.19. The Morgan fingerprint density at radius 2 is 1.35 bits per heavy atom.